The molecular formula is C24H29NO4. The van der Waals surface area contributed by atoms with E-state index in [0.29, 0.717) is 17.9 Å². The van der Waals surface area contributed by atoms with Gasteiger partial charge in [0.15, 0.2) is 6.10 Å². The zero-order valence-electron chi connectivity index (χ0n) is 16.9. The van der Waals surface area contributed by atoms with Crippen molar-refractivity contribution in [2.75, 3.05) is 6.54 Å². The Morgan fingerprint density at radius 1 is 1.00 bits per heavy atom. The molecule has 5 heteroatoms. The van der Waals surface area contributed by atoms with Crippen LogP contribution in [0, 0.1) is 0 Å². The van der Waals surface area contributed by atoms with E-state index in [1.165, 1.54) is 12.0 Å². The van der Waals surface area contributed by atoms with Gasteiger partial charge in [-0.25, -0.2) is 4.79 Å². The lowest BCUT2D eigenvalue weighted by Gasteiger charge is -2.23. The minimum atomic E-state index is -0.678. The van der Waals surface area contributed by atoms with Crippen molar-refractivity contribution >= 4 is 11.9 Å². The third-order valence-corrected chi connectivity index (χ3v) is 5.14. The first kappa shape index (κ1) is 20.9. The van der Waals surface area contributed by atoms with Crippen molar-refractivity contribution in [1.82, 2.24) is 5.32 Å². The van der Waals surface area contributed by atoms with Crippen molar-refractivity contribution in [3.8, 4) is 5.75 Å². The van der Waals surface area contributed by atoms with E-state index in [4.69, 9.17) is 9.47 Å². The molecule has 0 radical (unpaired) electrons. The average molecular weight is 395 g/mol. The van der Waals surface area contributed by atoms with E-state index in [1.54, 1.807) is 31.2 Å². The Morgan fingerprint density at radius 3 is 2.38 bits per heavy atom. The normalized spacial score (nSPS) is 15.3. The van der Waals surface area contributed by atoms with Gasteiger partial charge >= 0.3 is 5.97 Å². The topological polar surface area (TPSA) is 64.6 Å². The first-order valence-electron chi connectivity index (χ1n) is 10.4. The first-order chi connectivity index (χ1) is 14.1. The summed E-state index contributed by atoms with van der Waals surface area (Å²) in [4.78, 5) is 24.5. The summed E-state index contributed by atoms with van der Waals surface area (Å²) in [7, 11) is 0. The highest BCUT2D eigenvalue weighted by molar-refractivity contribution is 5.94. The van der Waals surface area contributed by atoms with E-state index in [-0.39, 0.29) is 18.0 Å². The monoisotopic (exact) mass is 395 g/mol. The summed E-state index contributed by atoms with van der Waals surface area (Å²) in [6.07, 6.45) is 5.44. The predicted octanol–water partition coefficient (Wildman–Crippen LogP) is 4.30. The molecule has 29 heavy (non-hydrogen) atoms. The van der Waals surface area contributed by atoms with Crippen LogP contribution in [0.4, 0.5) is 0 Å². The molecule has 1 amide bonds. The van der Waals surface area contributed by atoms with Crippen LogP contribution in [-0.2, 0) is 16.0 Å². The van der Waals surface area contributed by atoms with Gasteiger partial charge < -0.3 is 14.8 Å². The highest BCUT2D eigenvalue weighted by Gasteiger charge is 2.23. The molecule has 0 bridgehead atoms. The van der Waals surface area contributed by atoms with Gasteiger partial charge in [-0.2, -0.15) is 0 Å². The van der Waals surface area contributed by atoms with Crippen LogP contribution in [0.1, 0.15) is 54.9 Å². The van der Waals surface area contributed by atoms with Crippen LogP contribution in [-0.4, -0.2) is 30.6 Å². The molecule has 0 aromatic heterocycles. The fourth-order valence-electron chi connectivity index (χ4n) is 3.45. The van der Waals surface area contributed by atoms with Gasteiger partial charge in [0.2, 0.25) is 0 Å². The molecule has 0 saturated heterocycles. The summed E-state index contributed by atoms with van der Waals surface area (Å²) in [5.41, 5.74) is 1.74. The lowest BCUT2D eigenvalue weighted by atomic mass is 9.98. The predicted molar refractivity (Wildman–Crippen MR) is 112 cm³/mol. The quantitative estimate of drug-likeness (QED) is 0.677. The van der Waals surface area contributed by atoms with E-state index in [1.807, 2.05) is 30.3 Å². The minimum absolute atomic E-state index is 0.0178. The van der Waals surface area contributed by atoms with Crippen LogP contribution in [0.25, 0.3) is 0 Å². The Labute approximate surface area is 172 Å². The van der Waals surface area contributed by atoms with Crippen molar-refractivity contribution < 1.29 is 19.1 Å². The molecule has 2 aromatic carbocycles. The van der Waals surface area contributed by atoms with Gasteiger partial charge in [-0.3, -0.25) is 4.79 Å². The Bertz CT molecular complexity index is 782. The van der Waals surface area contributed by atoms with Gasteiger partial charge in [0.1, 0.15) is 11.9 Å². The SMILES string of the molecule is C[C@H](Oc1ccc(C(=O)NCCc2ccccc2)cc1)C(=O)OC1CCCCC1. The molecule has 1 N–H and O–H groups in total. The Hall–Kier alpha value is -2.82. The zero-order valence-corrected chi connectivity index (χ0v) is 16.9. The summed E-state index contributed by atoms with van der Waals surface area (Å²) in [6, 6.07) is 16.8. The van der Waals surface area contributed by atoms with Gasteiger partial charge in [0.25, 0.3) is 5.91 Å². The van der Waals surface area contributed by atoms with Crippen LogP contribution < -0.4 is 10.1 Å². The third-order valence-electron chi connectivity index (χ3n) is 5.14. The molecule has 154 valence electrons. The van der Waals surface area contributed by atoms with Gasteiger partial charge in [-0.15, -0.1) is 0 Å². The number of nitrogens with one attached hydrogen (secondary N) is 1. The smallest absolute Gasteiger partial charge is 0.347 e. The van der Waals surface area contributed by atoms with E-state index < -0.39 is 6.10 Å². The maximum absolute atomic E-state index is 12.3. The maximum atomic E-state index is 12.3. The maximum Gasteiger partial charge on any atom is 0.347 e. The fourth-order valence-corrected chi connectivity index (χ4v) is 3.45. The summed E-state index contributed by atoms with van der Waals surface area (Å²) < 4.78 is 11.2. The number of carbonyl (C=O) groups excluding carboxylic acids is 2. The second-order valence-electron chi connectivity index (χ2n) is 7.47. The number of rotatable bonds is 8. The number of esters is 1. The molecule has 1 aliphatic rings. The summed E-state index contributed by atoms with van der Waals surface area (Å²) in [5.74, 6) is 0.0794. The summed E-state index contributed by atoms with van der Waals surface area (Å²) in [5, 5.41) is 2.92. The van der Waals surface area contributed by atoms with Crippen molar-refractivity contribution in [3.63, 3.8) is 0 Å². The van der Waals surface area contributed by atoms with Crippen molar-refractivity contribution in [3.05, 3.63) is 65.7 Å². The second kappa shape index (κ2) is 10.6. The average Bonchev–Trinajstić information content (AvgIpc) is 2.75. The van der Waals surface area contributed by atoms with Crippen molar-refractivity contribution in [2.45, 2.75) is 57.7 Å². The van der Waals surface area contributed by atoms with E-state index >= 15 is 0 Å². The molecule has 2 aromatic rings. The standard InChI is InChI=1S/C24H29NO4/c1-18(24(27)29-21-10-6-3-7-11-21)28-22-14-12-20(13-15-22)23(26)25-17-16-19-8-4-2-5-9-19/h2,4-5,8-9,12-15,18,21H,3,6-7,10-11,16-17H2,1H3,(H,25,26)/t18-/m0/s1. The molecule has 1 atom stereocenters. The van der Waals surface area contributed by atoms with Crippen LogP contribution >= 0.6 is 0 Å². The number of hydrogen-bond donors (Lipinski definition) is 1. The number of carbonyl (C=O) groups is 2. The molecule has 3 rings (SSSR count). The van der Waals surface area contributed by atoms with Crippen molar-refractivity contribution in [1.29, 1.82) is 0 Å². The van der Waals surface area contributed by atoms with Gasteiger partial charge in [0, 0.05) is 12.1 Å². The van der Waals surface area contributed by atoms with Crippen LogP contribution in [0.2, 0.25) is 0 Å². The molecule has 0 heterocycles. The minimum Gasteiger partial charge on any atom is -0.479 e. The molecule has 5 nitrogen and oxygen atoms in total. The Morgan fingerprint density at radius 2 is 1.69 bits per heavy atom. The molecule has 0 unspecified atom stereocenters. The molecule has 1 aliphatic carbocycles. The third kappa shape index (κ3) is 6.63. The summed E-state index contributed by atoms with van der Waals surface area (Å²) >= 11 is 0. The highest BCUT2D eigenvalue weighted by atomic mass is 16.6. The van der Waals surface area contributed by atoms with E-state index in [0.717, 1.165) is 32.1 Å². The van der Waals surface area contributed by atoms with E-state index in [2.05, 4.69) is 5.32 Å². The number of hydrogen-bond acceptors (Lipinski definition) is 4. The number of ether oxygens (including phenoxy) is 2. The highest BCUT2D eigenvalue weighted by Crippen LogP contribution is 2.21. The Kier molecular flexibility index (Phi) is 7.68. The van der Waals surface area contributed by atoms with Crippen molar-refractivity contribution in [2.24, 2.45) is 0 Å². The molecule has 0 spiro atoms. The molecule has 0 aliphatic heterocycles. The second-order valence-corrected chi connectivity index (χ2v) is 7.47. The largest absolute Gasteiger partial charge is 0.479 e. The van der Waals surface area contributed by atoms with Gasteiger partial charge in [0.05, 0.1) is 0 Å². The molecule has 1 saturated carbocycles. The Balaban J connectivity index is 1.43. The van der Waals surface area contributed by atoms with Crippen LogP contribution in [0.15, 0.2) is 54.6 Å². The number of amides is 1. The van der Waals surface area contributed by atoms with E-state index in [9.17, 15) is 9.59 Å². The van der Waals surface area contributed by atoms with Crippen LogP contribution in [0.3, 0.4) is 0 Å². The van der Waals surface area contributed by atoms with Crippen LogP contribution in [0.5, 0.6) is 5.75 Å². The number of benzene rings is 2. The fraction of sp³-hybridized carbons (Fsp3) is 0.417. The van der Waals surface area contributed by atoms with Gasteiger partial charge in [-0.1, -0.05) is 36.8 Å². The summed E-state index contributed by atoms with van der Waals surface area (Å²) in [6.45, 7) is 2.26. The lowest BCUT2D eigenvalue weighted by Crippen LogP contribution is -2.31. The molecular weight excluding hydrogens is 366 g/mol. The zero-order chi connectivity index (χ0) is 20.5. The lowest BCUT2D eigenvalue weighted by molar-refractivity contribution is -0.158. The first-order valence-corrected chi connectivity index (χ1v) is 10.4. The van der Waals surface area contributed by atoms with Gasteiger partial charge in [-0.05, 0) is 68.9 Å². The molecule has 1 fully saturated rings.